The van der Waals surface area contributed by atoms with Crippen molar-refractivity contribution in [2.45, 2.75) is 18.9 Å². The summed E-state index contributed by atoms with van der Waals surface area (Å²) in [6, 6.07) is 11.0. The predicted molar refractivity (Wildman–Crippen MR) is 80.6 cm³/mol. The Balaban J connectivity index is 1.86. The first-order valence-electron chi connectivity index (χ1n) is 7.51. The van der Waals surface area contributed by atoms with E-state index in [9.17, 15) is 18.0 Å². The lowest BCUT2D eigenvalue weighted by Gasteiger charge is -2.23. The first-order valence-corrected chi connectivity index (χ1v) is 7.51. The molecule has 1 aliphatic heterocycles. The van der Waals surface area contributed by atoms with Crippen molar-refractivity contribution in [2.24, 2.45) is 0 Å². The second-order valence-corrected chi connectivity index (χ2v) is 5.42. The molecule has 0 N–H and O–H groups in total. The highest BCUT2D eigenvalue weighted by Gasteiger charge is 2.35. The normalized spacial score (nSPS) is 16.1. The van der Waals surface area contributed by atoms with Crippen molar-refractivity contribution >= 4 is 5.78 Å². The maximum atomic E-state index is 13.0. The van der Waals surface area contributed by atoms with E-state index in [1.807, 2.05) is 0 Å². The average Bonchev–Trinajstić information content (AvgIpc) is 2.61. The Morgan fingerprint density at radius 3 is 2.21 bits per heavy atom. The standard InChI is InChI=1S/C18H15F3O3/c19-18(20,21)15-5-2-1-4-14(15)16(22)12-6-8-13(9-7-12)17-23-10-3-11-24-17/h1-2,4-9,17H,3,10-11H2. The lowest BCUT2D eigenvalue weighted by Crippen LogP contribution is -2.18. The van der Waals surface area contributed by atoms with Crippen LogP contribution >= 0.6 is 0 Å². The van der Waals surface area contributed by atoms with E-state index < -0.39 is 23.8 Å². The highest BCUT2D eigenvalue weighted by molar-refractivity contribution is 6.10. The number of alkyl halides is 3. The third kappa shape index (κ3) is 3.49. The van der Waals surface area contributed by atoms with Gasteiger partial charge in [-0.2, -0.15) is 13.2 Å². The molecular weight excluding hydrogens is 321 g/mol. The van der Waals surface area contributed by atoms with Crippen LogP contribution in [0.1, 0.15) is 39.8 Å². The second-order valence-electron chi connectivity index (χ2n) is 5.42. The van der Waals surface area contributed by atoms with Gasteiger partial charge in [-0.05, 0) is 12.5 Å². The Kier molecular flexibility index (Phi) is 4.69. The molecule has 0 spiro atoms. The molecule has 0 unspecified atom stereocenters. The summed E-state index contributed by atoms with van der Waals surface area (Å²) < 4.78 is 50.1. The number of ether oxygens (including phenoxy) is 2. The molecule has 1 heterocycles. The van der Waals surface area contributed by atoms with Gasteiger partial charge in [0.25, 0.3) is 0 Å². The summed E-state index contributed by atoms with van der Waals surface area (Å²) in [6.07, 6.45) is -4.25. The Bertz CT molecular complexity index is 717. The van der Waals surface area contributed by atoms with Crippen molar-refractivity contribution in [3.05, 3.63) is 70.8 Å². The SMILES string of the molecule is O=C(c1ccc(C2OCCCO2)cc1)c1ccccc1C(F)(F)F. The highest BCUT2D eigenvalue weighted by Crippen LogP contribution is 2.33. The van der Waals surface area contributed by atoms with Crippen LogP contribution in [0.4, 0.5) is 13.2 Å². The molecule has 3 rings (SSSR count). The van der Waals surface area contributed by atoms with E-state index in [1.54, 1.807) is 12.1 Å². The number of hydrogen-bond donors (Lipinski definition) is 0. The van der Waals surface area contributed by atoms with Crippen molar-refractivity contribution in [3.8, 4) is 0 Å². The fourth-order valence-electron chi connectivity index (χ4n) is 2.56. The van der Waals surface area contributed by atoms with Crippen LogP contribution in [0, 0.1) is 0 Å². The maximum Gasteiger partial charge on any atom is 0.417 e. The summed E-state index contributed by atoms with van der Waals surface area (Å²) in [7, 11) is 0. The molecule has 2 aromatic carbocycles. The summed E-state index contributed by atoms with van der Waals surface area (Å²) in [4.78, 5) is 12.4. The number of halogens is 3. The van der Waals surface area contributed by atoms with Gasteiger partial charge in [0.05, 0.1) is 18.8 Å². The van der Waals surface area contributed by atoms with Crippen molar-refractivity contribution in [3.63, 3.8) is 0 Å². The second kappa shape index (κ2) is 6.75. The molecule has 0 atom stereocenters. The summed E-state index contributed by atoms with van der Waals surface area (Å²) in [5, 5.41) is 0. The number of carbonyl (C=O) groups is 1. The molecule has 1 saturated heterocycles. The lowest BCUT2D eigenvalue weighted by atomic mass is 9.97. The summed E-state index contributed by atoms with van der Waals surface area (Å²) in [6.45, 7) is 1.18. The fraction of sp³-hybridized carbons (Fsp3) is 0.278. The number of carbonyl (C=O) groups excluding carboxylic acids is 1. The molecule has 0 radical (unpaired) electrons. The molecule has 1 fully saturated rings. The van der Waals surface area contributed by atoms with E-state index in [0.717, 1.165) is 18.1 Å². The van der Waals surface area contributed by atoms with Crippen LogP contribution in [-0.4, -0.2) is 19.0 Å². The minimum Gasteiger partial charge on any atom is -0.348 e. The number of ketones is 1. The Hall–Kier alpha value is -2.18. The van der Waals surface area contributed by atoms with Gasteiger partial charge in [-0.25, -0.2) is 0 Å². The summed E-state index contributed by atoms with van der Waals surface area (Å²) >= 11 is 0. The van der Waals surface area contributed by atoms with E-state index in [4.69, 9.17) is 9.47 Å². The largest absolute Gasteiger partial charge is 0.417 e. The van der Waals surface area contributed by atoms with Gasteiger partial charge >= 0.3 is 6.18 Å². The molecule has 0 bridgehead atoms. The molecule has 1 aliphatic rings. The van der Waals surface area contributed by atoms with Gasteiger partial charge in [0.1, 0.15) is 0 Å². The zero-order valence-corrected chi connectivity index (χ0v) is 12.7. The number of benzene rings is 2. The fourth-order valence-corrected chi connectivity index (χ4v) is 2.56. The van der Waals surface area contributed by atoms with Crippen molar-refractivity contribution in [1.82, 2.24) is 0 Å². The lowest BCUT2D eigenvalue weighted by molar-refractivity contribution is -0.183. The average molecular weight is 336 g/mol. The zero-order valence-electron chi connectivity index (χ0n) is 12.7. The Morgan fingerprint density at radius 1 is 0.958 bits per heavy atom. The van der Waals surface area contributed by atoms with Crippen LogP contribution in [0.25, 0.3) is 0 Å². The van der Waals surface area contributed by atoms with Gasteiger partial charge in [0.2, 0.25) is 0 Å². The van der Waals surface area contributed by atoms with E-state index in [2.05, 4.69) is 0 Å². The molecule has 0 aliphatic carbocycles. The number of hydrogen-bond acceptors (Lipinski definition) is 3. The van der Waals surface area contributed by atoms with E-state index in [1.165, 1.54) is 30.3 Å². The van der Waals surface area contributed by atoms with Crippen molar-refractivity contribution in [2.75, 3.05) is 13.2 Å². The Labute approximate surface area is 137 Å². The third-order valence-electron chi connectivity index (χ3n) is 3.75. The molecule has 3 nitrogen and oxygen atoms in total. The monoisotopic (exact) mass is 336 g/mol. The Morgan fingerprint density at radius 2 is 1.58 bits per heavy atom. The minimum absolute atomic E-state index is 0.186. The number of rotatable bonds is 3. The zero-order chi connectivity index (χ0) is 17.2. The van der Waals surface area contributed by atoms with Crippen molar-refractivity contribution < 1.29 is 27.4 Å². The molecule has 0 aromatic heterocycles. The topological polar surface area (TPSA) is 35.5 Å². The smallest absolute Gasteiger partial charge is 0.348 e. The van der Waals surface area contributed by atoms with Crippen LogP contribution in [0.3, 0.4) is 0 Å². The maximum absolute atomic E-state index is 13.0. The molecule has 126 valence electrons. The highest BCUT2D eigenvalue weighted by atomic mass is 19.4. The van der Waals surface area contributed by atoms with Crippen LogP contribution in [0.5, 0.6) is 0 Å². The van der Waals surface area contributed by atoms with Crippen LogP contribution in [0.2, 0.25) is 0 Å². The van der Waals surface area contributed by atoms with Gasteiger partial charge in [0, 0.05) is 16.7 Å². The van der Waals surface area contributed by atoms with Crippen LogP contribution < -0.4 is 0 Å². The van der Waals surface area contributed by atoms with Crippen molar-refractivity contribution in [1.29, 1.82) is 0 Å². The predicted octanol–water partition coefficient (Wildman–Crippen LogP) is 4.37. The first-order chi connectivity index (χ1) is 11.5. The summed E-state index contributed by atoms with van der Waals surface area (Å²) in [5.74, 6) is -0.667. The molecule has 2 aromatic rings. The van der Waals surface area contributed by atoms with Gasteiger partial charge in [-0.15, -0.1) is 0 Å². The van der Waals surface area contributed by atoms with E-state index in [0.29, 0.717) is 13.2 Å². The van der Waals surface area contributed by atoms with Gasteiger partial charge in [0.15, 0.2) is 12.1 Å². The van der Waals surface area contributed by atoms with Gasteiger partial charge in [-0.1, -0.05) is 42.5 Å². The van der Waals surface area contributed by atoms with E-state index >= 15 is 0 Å². The third-order valence-corrected chi connectivity index (χ3v) is 3.75. The minimum atomic E-state index is -4.57. The first kappa shape index (κ1) is 16.7. The van der Waals surface area contributed by atoms with Gasteiger partial charge in [-0.3, -0.25) is 4.79 Å². The molecule has 0 saturated carbocycles. The van der Waals surface area contributed by atoms with Crippen LogP contribution in [0.15, 0.2) is 48.5 Å². The quantitative estimate of drug-likeness (QED) is 0.781. The van der Waals surface area contributed by atoms with Gasteiger partial charge < -0.3 is 9.47 Å². The molecular formula is C18H15F3O3. The molecule has 24 heavy (non-hydrogen) atoms. The van der Waals surface area contributed by atoms with E-state index in [-0.39, 0.29) is 11.1 Å². The summed E-state index contributed by atoms with van der Waals surface area (Å²) in [5.41, 5.74) is -0.373. The van der Waals surface area contributed by atoms with Crippen LogP contribution in [-0.2, 0) is 15.7 Å². The molecule has 6 heteroatoms. The molecule has 0 amide bonds.